The minimum atomic E-state index is -1.08. The van der Waals surface area contributed by atoms with Crippen LogP contribution in [-0.4, -0.2) is 27.3 Å². The monoisotopic (exact) mass is 777 g/mol. The third-order valence-electron chi connectivity index (χ3n) is 3.34. The molecule has 0 aromatic heterocycles. The summed E-state index contributed by atoms with van der Waals surface area (Å²) in [4.78, 5) is 11.1. The van der Waals surface area contributed by atoms with Crippen LogP contribution >= 0.6 is 90.4 Å². The molecule has 0 saturated heterocycles. The minimum Gasteiger partial charge on any atom is -0.506 e. The third kappa shape index (κ3) is 4.37. The van der Waals surface area contributed by atoms with Crippen LogP contribution in [0.2, 0.25) is 0 Å². The molecule has 0 heterocycles. The molecule has 2 aromatic rings. The van der Waals surface area contributed by atoms with Crippen LogP contribution in [0, 0.1) is 14.3 Å². The Labute approximate surface area is 193 Å². The highest BCUT2D eigenvalue weighted by molar-refractivity contribution is 14.1. The summed E-state index contributed by atoms with van der Waals surface area (Å²) >= 11 is 8.13. The Bertz CT molecular complexity index is 803. The number of hydrogen-bond acceptors (Lipinski definition) is 4. The molecule has 0 radical (unpaired) electrons. The Hall–Kier alpha value is 0.390. The lowest BCUT2D eigenvalue weighted by molar-refractivity contribution is -0.138. The van der Waals surface area contributed by atoms with Crippen molar-refractivity contribution < 1.29 is 20.1 Å². The van der Waals surface area contributed by atoms with Crippen LogP contribution in [0.4, 0.5) is 0 Å². The van der Waals surface area contributed by atoms with E-state index in [1.165, 1.54) is 0 Å². The normalized spacial score (nSPS) is 12.2. The van der Waals surface area contributed by atoms with Crippen LogP contribution < -0.4 is 5.73 Å². The number of halogens is 4. The van der Waals surface area contributed by atoms with Crippen LogP contribution in [0.3, 0.4) is 0 Å². The Kier molecular flexibility index (Phi) is 7.23. The lowest BCUT2D eigenvalue weighted by Crippen LogP contribution is -2.32. The molecule has 2 rings (SSSR count). The molecule has 0 fully saturated rings. The molecule has 0 amide bonds. The van der Waals surface area contributed by atoms with Gasteiger partial charge < -0.3 is 21.1 Å². The highest BCUT2D eigenvalue weighted by Gasteiger charge is 2.21. The Morgan fingerprint density at radius 1 is 1.00 bits per heavy atom. The summed E-state index contributed by atoms with van der Waals surface area (Å²) in [6, 6.07) is 4.33. The smallest absolute Gasteiger partial charge is 0.320 e. The van der Waals surface area contributed by atoms with Crippen LogP contribution in [0.5, 0.6) is 11.5 Å². The number of aromatic hydroxyl groups is 2. The van der Waals surface area contributed by atoms with E-state index in [9.17, 15) is 15.0 Å². The zero-order valence-electron chi connectivity index (χ0n) is 11.9. The number of phenols is 2. The number of carboxylic acid groups (broad SMARTS) is 1. The molecule has 1 atom stereocenters. The van der Waals surface area contributed by atoms with Gasteiger partial charge in [0.05, 0.1) is 14.3 Å². The Balaban J connectivity index is 2.72. The van der Waals surface area contributed by atoms with Gasteiger partial charge in [0.2, 0.25) is 0 Å². The Morgan fingerprint density at radius 3 is 2.00 bits per heavy atom. The van der Waals surface area contributed by atoms with Gasteiger partial charge in [-0.15, -0.1) is 0 Å². The van der Waals surface area contributed by atoms with Crippen LogP contribution in [0.1, 0.15) is 5.56 Å². The Morgan fingerprint density at radius 2 is 1.50 bits per heavy atom. The van der Waals surface area contributed by atoms with Gasteiger partial charge in [-0.3, -0.25) is 4.79 Å². The topological polar surface area (TPSA) is 104 Å². The van der Waals surface area contributed by atoms with Crippen molar-refractivity contribution in [3.05, 3.63) is 38.0 Å². The zero-order chi connectivity index (χ0) is 18.2. The second kappa shape index (κ2) is 8.39. The molecule has 0 saturated carbocycles. The molecule has 0 unspecified atom stereocenters. The first-order chi connectivity index (χ1) is 11.1. The van der Waals surface area contributed by atoms with Crippen LogP contribution in [0.25, 0.3) is 11.1 Å². The van der Waals surface area contributed by atoms with Crippen LogP contribution in [0.15, 0.2) is 18.2 Å². The minimum absolute atomic E-state index is 0.144. The van der Waals surface area contributed by atoms with Crippen LogP contribution in [-0.2, 0) is 11.2 Å². The van der Waals surface area contributed by atoms with E-state index in [2.05, 4.69) is 0 Å². The summed E-state index contributed by atoms with van der Waals surface area (Å²) in [5.41, 5.74) is 7.99. The number of carboxylic acids is 1. The van der Waals surface area contributed by atoms with E-state index >= 15 is 0 Å². The van der Waals surface area contributed by atoms with E-state index in [0.717, 1.165) is 16.7 Å². The van der Waals surface area contributed by atoms with Gasteiger partial charge in [-0.2, -0.15) is 0 Å². The number of benzene rings is 2. The van der Waals surface area contributed by atoms with Gasteiger partial charge in [-0.05, 0) is 126 Å². The predicted molar refractivity (Wildman–Crippen MR) is 125 cm³/mol. The largest absolute Gasteiger partial charge is 0.506 e. The zero-order valence-corrected chi connectivity index (χ0v) is 20.5. The molecule has 5 nitrogen and oxygen atoms in total. The lowest BCUT2D eigenvalue weighted by atomic mass is 9.95. The average molecular weight is 777 g/mol. The molecule has 0 aliphatic rings. The van der Waals surface area contributed by atoms with Crippen molar-refractivity contribution in [2.24, 2.45) is 5.73 Å². The molecular weight excluding hydrogens is 766 g/mol. The summed E-state index contributed by atoms with van der Waals surface area (Å²) in [6.07, 6.45) is 0.144. The van der Waals surface area contributed by atoms with Gasteiger partial charge in [-0.25, -0.2) is 0 Å². The standard InChI is InChI=1S/C15H11I4NO4/c16-7-1-5(2-8(17)13(7)21)11-6(4-10(20)15(23)24)3-9(18)14(22)12(11)19/h1-3,10,21-22H,4,20H2,(H,23,24)/t10-/m0/s1. The van der Waals surface area contributed by atoms with Crippen molar-refractivity contribution in [3.8, 4) is 22.6 Å². The van der Waals surface area contributed by atoms with Crippen molar-refractivity contribution >= 4 is 96.3 Å². The number of nitrogens with two attached hydrogens (primary N) is 1. The van der Waals surface area contributed by atoms with Crippen molar-refractivity contribution in [1.29, 1.82) is 0 Å². The van der Waals surface area contributed by atoms with E-state index in [-0.39, 0.29) is 17.9 Å². The summed E-state index contributed by atoms with van der Waals surface area (Å²) in [6.45, 7) is 0. The van der Waals surface area contributed by atoms with E-state index in [1.54, 1.807) is 18.2 Å². The first-order valence-corrected chi connectivity index (χ1v) is 10.8. The van der Waals surface area contributed by atoms with Crippen molar-refractivity contribution in [2.45, 2.75) is 12.5 Å². The van der Waals surface area contributed by atoms with Gasteiger partial charge >= 0.3 is 5.97 Å². The number of rotatable bonds is 4. The first kappa shape index (κ1) is 20.7. The van der Waals surface area contributed by atoms with Gasteiger partial charge in [0.25, 0.3) is 0 Å². The number of aliphatic carboxylic acids is 1. The average Bonchev–Trinajstić information content (AvgIpc) is 2.50. The second-order valence-electron chi connectivity index (χ2n) is 4.99. The fourth-order valence-corrected chi connectivity index (χ4v) is 6.04. The maximum absolute atomic E-state index is 11.1. The van der Waals surface area contributed by atoms with Gasteiger partial charge in [0.1, 0.15) is 17.5 Å². The van der Waals surface area contributed by atoms with Crippen molar-refractivity contribution in [3.63, 3.8) is 0 Å². The quantitative estimate of drug-likeness (QED) is 0.350. The molecule has 0 aliphatic heterocycles. The molecule has 0 spiro atoms. The summed E-state index contributed by atoms with van der Waals surface area (Å²) in [5.74, 6) is -0.723. The molecule has 9 heteroatoms. The first-order valence-electron chi connectivity index (χ1n) is 6.50. The predicted octanol–water partition coefficient (Wildman–Crippen LogP) is 4.14. The van der Waals surface area contributed by atoms with Gasteiger partial charge in [0.15, 0.2) is 0 Å². The summed E-state index contributed by atoms with van der Waals surface area (Å²) < 4.78 is 2.62. The highest BCUT2D eigenvalue weighted by Crippen LogP contribution is 2.41. The molecule has 0 bridgehead atoms. The van der Waals surface area contributed by atoms with E-state index in [4.69, 9.17) is 10.8 Å². The lowest BCUT2D eigenvalue weighted by Gasteiger charge is -2.17. The van der Waals surface area contributed by atoms with E-state index < -0.39 is 12.0 Å². The molecule has 0 aliphatic carbocycles. The van der Waals surface area contributed by atoms with Crippen molar-refractivity contribution in [2.75, 3.05) is 0 Å². The SMILES string of the molecule is N[C@@H](Cc1cc(I)c(O)c(I)c1-c1cc(I)c(O)c(I)c1)C(=O)O. The second-order valence-corrected chi connectivity index (χ2v) is 9.56. The summed E-state index contributed by atoms with van der Waals surface area (Å²) in [7, 11) is 0. The third-order valence-corrected chi connectivity index (χ3v) is 6.86. The summed E-state index contributed by atoms with van der Waals surface area (Å²) in [5, 5.41) is 29.4. The van der Waals surface area contributed by atoms with Gasteiger partial charge in [0, 0.05) is 5.56 Å². The number of hydrogen-bond donors (Lipinski definition) is 4. The maximum Gasteiger partial charge on any atom is 0.320 e. The van der Waals surface area contributed by atoms with E-state index in [1.807, 2.05) is 90.4 Å². The highest BCUT2D eigenvalue weighted by atomic mass is 127. The number of phenolic OH excluding ortho intramolecular Hbond substituents is 2. The van der Waals surface area contributed by atoms with E-state index in [0.29, 0.717) is 14.3 Å². The molecular formula is C15H11I4NO4. The molecule has 5 N–H and O–H groups in total. The van der Waals surface area contributed by atoms with Crippen molar-refractivity contribution in [1.82, 2.24) is 0 Å². The fourth-order valence-electron chi connectivity index (χ4n) is 2.16. The fraction of sp³-hybridized carbons (Fsp3) is 0.133. The molecule has 24 heavy (non-hydrogen) atoms. The number of carbonyl (C=O) groups is 1. The molecule has 2 aromatic carbocycles. The maximum atomic E-state index is 11.1. The molecule has 128 valence electrons. The van der Waals surface area contributed by atoms with Gasteiger partial charge in [-0.1, -0.05) is 0 Å².